The Balaban J connectivity index is 2.93. The number of benzene rings is 1. The molecule has 24 heavy (non-hydrogen) atoms. The van der Waals surface area contributed by atoms with Gasteiger partial charge in [-0.05, 0) is 18.9 Å². The van der Waals surface area contributed by atoms with Crippen molar-refractivity contribution in [2.24, 2.45) is 5.73 Å². The van der Waals surface area contributed by atoms with E-state index in [4.69, 9.17) is 5.73 Å². The van der Waals surface area contributed by atoms with E-state index < -0.39 is 27.6 Å². The molecule has 10 nitrogen and oxygen atoms in total. The molecule has 0 aliphatic carbocycles. The second kappa shape index (κ2) is 5.89. The minimum Gasteiger partial charge on any atom is -0.480 e. The van der Waals surface area contributed by atoms with Crippen LogP contribution in [0.1, 0.15) is 25.0 Å². The molecule has 10 heteroatoms. The molecule has 0 aliphatic rings. The number of aromatic nitrogens is 2. The van der Waals surface area contributed by atoms with Gasteiger partial charge >= 0.3 is 17.1 Å². The Morgan fingerprint density at radius 2 is 1.92 bits per heavy atom. The van der Waals surface area contributed by atoms with Gasteiger partial charge in [-0.3, -0.25) is 24.5 Å². The van der Waals surface area contributed by atoms with E-state index >= 15 is 0 Å². The van der Waals surface area contributed by atoms with Gasteiger partial charge in [0, 0.05) is 18.1 Å². The van der Waals surface area contributed by atoms with Crippen LogP contribution >= 0.6 is 0 Å². The van der Waals surface area contributed by atoms with Crippen molar-refractivity contribution < 1.29 is 14.8 Å². The Morgan fingerprint density at radius 3 is 2.42 bits per heavy atom. The zero-order valence-electron chi connectivity index (χ0n) is 13.0. The van der Waals surface area contributed by atoms with Crippen molar-refractivity contribution in [3.63, 3.8) is 0 Å². The Hall–Kier alpha value is -3.01. The van der Waals surface area contributed by atoms with E-state index in [1.165, 1.54) is 6.92 Å². The third kappa shape index (κ3) is 2.91. The van der Waals surface area contributed by atoms with E-state index in [0.717, 1.165) is 6.07 Å². The number of carboxylic acids is 1. The molecular weight excluding hydrogens is 320 g/mol. The van der Waals surface area contributed by atoms with Crippen LogP contribution in [0.25, 0.3) is 11.0 Å². The van der Waals surface area contributed by atoms with E-state index in [9.17, 15) is 29.6 Å². The van der Waals surface area contributed by atoms with Gasteiger partial charge in [-0.15, -0.1) is 0 Å². The van der Waals surface area contributed by atoms with E-state index in [0.29, 0.717) is 0 Å². The number of H-pyrrole nitrogens is 2. The highest BCUT2D eigenvalue weighted by Crippen LogP contribution is 2.31. The molecule has 0 bridgehead atoms. The molecule has 0 radical (unpaired) electrons. The minimum atomic E-state index is -1.71. The summed E-state index contributed by atoms with van der Waals surface area (Å²) >= 11 is 0. The fraction of sp³-hybridized carbons (Fsp3) is 0.357. The largest absolute Gasteiger partial charge is 0.480 e. The molecule has 2 rings (SSSR count). The topological polar surface area (TPSA) is 172 Å². The van der Waals surface area contributed by atoms with Crippen LogP contribution in [0.15, 0.2) is 15.7 Å². The number of nitrogens with one attached hydrogen (secondary N) is 2. The average Bonchev–Trinajstić information content (AvgIpc) is 2.48. The van der Waals surface area contributed by atoms with Crippen molar-refractivity contribution in [1.29, 1.82) is 0 Å². The van der Waals surface area contributed by atoms with Crippen molar-refractivity contribution in [2.75, 3.05) is 0 Å². The summed E-state index contributed by atoms with van der Waals surface area (Å²) in [7, 11) is 0. The molecule has 1 atom stereocenters. The number of hydrogen-bond donors (Lipinski definition) is 4. The molecule has 1 aromatic heterocycles. The summed E-state index contributed by atoms with van der Waals surface area (Å²) in [6.45, 7) is 2.93. The highest BCUT2D eigenvalue weighted by atomic mass is 16.6. The molecule has 1 aromatic carbocycles. The number of rotatable bonds is 5. The Morgan fingerprint density at radius 1 is 1.33 bits per heavy atom. The monoisotopic (exact) mass is 336 g/mol. The lowest BCUT2D eigenvalue weighted by Gasteiger charge is -2.21. The fourth-order valence-electron chi connectivity index (χ4n) is 2.55. The quantitative estimate of drug-likeness (QED) is 0.338. The number of nitrogens with zero attached hydrogens (tertiary/aromatic N) is 1. The normalized spacial score (nSPS) is 13.6. The predicted molar refractivity (Wildman–Crippen MR) is 85.2 cm³/mol. The summed E-state index contributed by atoms with van der Waals surface area (Å²) in [6, 6.07) is 1.14. The van der Waals surface area contributed by atoms with Crippen molar-refractivity contribution in [3.05, 3.63) is 48.0 Å². The maximum absolute atomic E-state index is 11.6. The van der Waals surface area contributed by atoms with Crippen LogP contribution in [0.2, 0.25) is 0 Å². The van der Waals surface area contributed by atoms with Crippen LogP contribution in [-0.4, -0.2) is 31.5 Å². The van der Waals surface area contributed by atoms with Crippen molar-refractivity contribution >= 4 is 22.7 Å². The van der Waals surface area contributed by atoms with Gasteiger partial charge in [0.1, 0.15) is 5.54 Å². The number of carboxylic acid groups (broad SMARTS) is 1. The molecule has 0 saturated heterocycles. The third-order valence-corrected chi connectivity index (χ3v) is 3.80. The SMILES string of the molecule is CCc1c([N+](=O)[O-])cc2[nH]c(=O)c(=O)[nH]c2c1CC(C)(N)C(=O)O. The second-order valence-corrected chi connectivity index (χ2v) is 5.69. The standard InChI is InChI=1S/C14H16N4O6/c1-3-6-7(5-14(2,15)13(21)22)10-8(4-9(6)18(23)24)16-11(19)12(20)17-10/h4H,3,5,15H2,1-2H3,(H,16,19)(H,17,20)(H,21,22). The van der Waals surface area contributed by atoms with Gasteiger partial charge in [-0.25, -0.2) is 0 Å². The third-order valence-electron chi connectivity index (χ3n) is 3.80. The van der Waals surface area contributed by atoms with Crippen molar-refractivity contribution in [1.82, 2.24) is 9.97 Å². The van der Waals surface area contributed by atoms with E-state index in [2.05, 4.69) is 9.97 Å². The lowest BCUT2D eigenvalue weighted by Crippen LogP contribution is -2.47. The van der Waals surface area contributed by atoms with Crippen LogP contribution in [0.5, 0.6) is 0 Å². The first kappa shape index (κ1) is 17.3. The summed E-state index contributed by atoms with van der Waals surface area (Å²) in [6.07, 6.45) is -0.0376. The first-order valence-corrected chi connectivity index (χ1v) is 7.06. The molecule has 0 fully saturated rings. The van der Waals surface area contributed by atoms with Gasteiger partial charge in [0.2, 0.25) is 0 Å². The maximum Gasteiger partial charge on any atom is 0.323 e. The molecule has 2 aromatic rings. The summed E-state index contributed by atoms with van der Waals surface area (Å²) < 4.78 is 0. The molecule has 1 unspecified atom stereocenters. The van der Waals surface area contributed by atoms with Crippen LogP contribution < -0.4 is 16.9 Å². The Labute approximate surface area is 134 Å². The molecule has 0 saturated carbocycles. The number of hydrogen-bond acceptors (Lipinski definition) is 6. The first-order chi connectivity index (χ1) is 11.1. The Bertz CT molecular complexity index is 956. The summed E-state index contributed by atoms with van der Waals surface area (Å²) in [5.41, 5.74) is 2.55. The number of nitrogens with two attached hydrogens (primary N) is 1. The zero-order valence-corrected chi connectivity index (χ0v) is 13.0. The Kier molecular flexibility index (Phi) is 4.26. The maximum atomic E-state index is 11.6. The van der Waals surface area contributed by atoms with Crippen LogP contribution in [0, 0.1) is 10.1 Å². The molecule has 0 spiro atoms. The fourth-order valence-corrected chi connectivity index (χ4v) is 2.55. The van der Waals surface area contributed by atoms with E-state index in [1.54, 1.807) is 6.92 Å². The van der Waals surface area contributed by atoms with Crippen LogP contribution in [0.3, 0.4) is 0 Å². The van der Waals surface area contributed by atoms with Gasteiger partial charge in [0.25, 0.3) is 5.69 Å². The smallest absolute Gasteiger partial charge is 0.323 e. The number of aliphatic carboxylic acids is 1. The highest BCUT2D eigenvalue weighted by Gasteiger charge is 2.32. The second-order valence-electron chi connectivity index (χ2n) is 5.69. The molecule has 5 N–H and O–H groups in total. The minimum absolute atomic E-state index is 0.0414. The zero-order chi connectivity index (χ0) is 18.2. The average molecular weight is 336 g/mol. The number of nitro groups is 1. The van der Waals surface area contributed by atoms with Crippen LogP contribution in [0.4, 0.5) is 5.69 Å². The van der Waals surface area contributed by atoms with Gasteiger partial charge in [-0.2, -0.15) is 0 Å². The van der Waals surface area contributed by atoms with Crippen LogP contribution in [-0.2, 0) is 17.6 Å². The molecule has 0 aliphatic heterocycles. The van der Waals surface area contributed by atoms with Gasteiger partial charge in [0.05, 0.1) is 16.0 Å². The van der Waals surface area contributed by atoms with E-state index in [1.807, 2.05) is 0 Å². The number of nitro benzene ring substituents is 1. The van der Waals surface area contributed by atoms with Gasteiger partial charge in [0.15, 0.2) is 0 Å². The molecule has 0 amide bonds. The summed E-state index contributed by atoms with van der Waals surface area (Å²) in [5.74, 6) is -1.30. The predicted octanol–water partition coefficient (Wildman–Crippen LogP) is 0.0315. The van der Waals surface area contributed by atoms with Crippen molar-refractivity contribution in [3.8, 4) is 0 Å². The summed E-state index contributed by atoms with van der Waals surface area (Å²) in [5, 5.41) is 20.5. The molecular formula is C14H16N4O6. The summed E-state index contributed by atoms with van der Waals surface area (Å²) in [4.78, 5) is 49.7. The van der Waals surface area contributed by atoms with E-state index in [-0.39, 0.29) is 40.7 Å². The number of fused-ring (bicyclic) bond motifs is 1. The van der Waals surface area contributed by atoms with Gasteiger partial charge < -0.3 is 20.8 Å². The number of carbonyl (C=O) groups is 1. The van der Waals surface area contributed by atoms with Crippen molar-refractivity contribution in [2.45, 2.75) is 32.2 Å². The number of aromatic amines is 2. The van der Waals surface area contributed by atoms with Gasteiger partial charge in [-0.1, -0.05) is 6.92 Å². The lowest BCUT2D eigenvalue weighted by molar-refractivity contribution is -0.385. The molecule has 128 valence electrons. The lowest BCUT2D eigenvalue weighted by atomic mass is 9.88. The molecule has 1 heterocycles. The highest BCUT2D eigenvalue weighted by molar-refractivity contribution is 5.85. The first-order valence-electron chi connectivity index (χ1n) is 7.06.